The fraction of sp³-hybridized carbons (Fsp3) is 0.316. The summed E-state index contributed by atoms with van der Waals surface area (Å²) in [6.07, 6.45) is 5.71. The maximum Gasteiger partial charge on any atom is 0.255 e. The summed E-state index contributed by atoms with van der Waals surface area (Å²) in [5, 5.41) is 9.03. The van der Waals surface area contributed by atoms with E-state index >= 15 is 0 Å². The van der Waals surface area contributed by atoms with Gasteiger partial charge in [0.25, 0.3) is 5.91 Å². The monoisotopic (exact) mass is 410 g/mol. The molecule has 2 amide bonds. The van der Waals surface area contributed by atoms with Crippen molar-refractivity contribution in [1.82, 2.24) is 10.3 Å². The third-order valence-corrected chi connectivity index (χ3v) is 4.29. The molecule has 3 rings (SSSR count). The molecule has 1 aromatic carbocycles. The lowest BCUT2D eigenvalue weighted by Gasteiger charge is -2.10. The molecule has 146 valence electrons. The molecule has 1 atom stereocenters. The number of aromatic nitrogens is 1. The molecular formula is C19H24Cl2N4O2. The van der Waals surface area contributed by atoms with E-state index < -0.39 is 0 Å². The van der Waals surface area contributed by atoms with Crippen LogP contribution < -0.4 is 16.0 Å². The molecule has 1 aromatic heterocycles. The Kier molecular flexibility index (Phi) is 9.78. The molecule has 8 heteroatoms. The summed E-state index contributed by atoms with van der Waals surface area (Å²) < 4.78 is 0. The lowest BCUT2D eigenvalue weighted by Crippen LogP contribution is -2.15. The molecule has 2 heterocycles. The number of hydrogen-bond donors (Lipinski definition) is 3. The number of carbonyl (C=O) groups is 2. The number of carbonyl (C=O) groups excluding carboxylic acids is 2. The maximum atomic E-state index is 12.2. The normalized spacial score (nSPS) is 15.2. The van der Waals surface area contributed by atoms with Gasteiger partial charge in [0.1, 0.15) is 0 Å². The van der Waals surface area contributed by atoms with Crippen molar-refractivity contribution in [1.29, 1.82) is 0 Å². The van der Waals surface area contributed by atoms with Crippen molar-refractivity contribution in [2.75, 3.05) is 23.7 Å². The maximum absolute atomic E-state index is 12.2. The van der Waals surface area contributed by atoms with Crippen molar-refractivity contribution in [3.63, 3.8) is 0 Å². The lowest BCUT2D eigenvalue weighted by atomic mass is 10.0. The van der Waals surface area contributed by atoms with Crippen LogP contribution in [0.2, 0.25) is 0 Å². The van der Waals surface area contributed by atoms with E-state index in [4.69, 9.17) is 0 Å². The highest BCUT2D eigenvalue weighted by Crippen LogP contribution is 2.18. The summed E-state index contributed by atoms with van der Waals surface area (Å²) >= 11 is 0. The van der Waals surface area contributed by atoms with Crippen LogP contribution in [0.4, 0.5) is 11.4 Å². The number of rotatable bonds is 6. The van der Waals surface area contributed by atoms with Crippen LogP contribution in [-0.4, -0.2) is 29.9 Å². The number of nitrogens with zero attached hydrogens (tertiary/aromatic N) is 1. The van der Waals surface area contributed by atoms with Crippen LogP contribution in [0.1, 0.15) is 29.6 Å². The number of hydrogen-bond acceptors (Lipinski definition) is 4. The summed E-state index contributed by atoms with van der Waals surface area (Å²) in [4.78, 5) is 28.2. The first kappa shape index (κ1) is 22.9. The van der Waals surface area contributed by atoms with Crippen molar-refractivity contribution >= 4 is 48.0 Å². The van der Waals surface area contributed by atoms with E-state index in [1.165, 1.54) is 0 Å². The van der Waals surface area contributed by atoms with Crippen molar-refractivity contribution in [2.24, 2.45) is 5.92 Å². The van der Waals surface area contributed by atoms with Crippen molar-refractivity contribution in [3.8, 4) is 0 Å². The van der Waals surface area contributed by atoms with Gasteiger partial charge in [0, 0.05) is 35.8 Å². The molecule has 1 fully saturated rings. The van der Waals surface area contributed by atoms with Crippen molar-refractivity contribution in [3.05, 3.63) is 54.4 Å². The standard InChI is InChI=1S/C19H22N4O2.2ClH/c24-18(5-4-14-6-9-21-13-14)22-16-2-1-3-17(12-16)23-19(25)15-7-10-20-11-8-15;;/h1-3,7-8,10-12,14,21H,4-6,9,13H2,(H,22,24)(H,23,25);2*1H. The van der Waals surface area contributed by atoms with E-state index in [1.807, 2.05) is 6.07 Å². The predicted octanol–water partition coefficient (Wildman–Crippen LogP) is 3.51. The van der Waals surface area contributed by atoms with Gasteiger partial charge in [0.15, 0.2) is 0 Å². The van der Waals surface area contributed by atoms with Crippen molar-refractivity contribution < 1.29 is 9.59 Å². The van der Waals surface area contributed by atoms with Crippen molar-refractivity contribution in [2.45, 2.75) is 19.3 Å². The molecule has 0 saturated carbocycles. The molecule has 3 N–H and O–H groups in total. The Morgan fingerprint density at radius 3 is 2.44 bits per heavy atom. The zero-order chi connectivity index (χ0) is 17.5. The molecule has 1 saturated heterocycles. The highest BCUT2D eigenvalue weighted by Gasteiger charge is 2.15. The summed E-state index contributed by atoms with van der Waals surface area (Å²) in [7, 11) is 0. The highest BCUT2D eigenvalue weighted by molar-refractivity contribution is 6.04. The number of halogens is 2. The summed E-state index contributed by atoms with van der Waals surface area (Å²) in [5.74, 6) is 0.390. The minimum absolute atomic E-state index is 0. The van der Waals surface area contributed by atoms with Gasteiger partial charge < -0.3 is 16.0 Å². The number of anilines is 2. The molecule has 0 bridgehead atoms. The van der Waals surface area contributed by atoms with Gasteiger partial charge in [-0.3, -0.25) is 14.6 Å². The molecular weight excluding hydrogens is 387 g/mol. The minimum atomic E-state index is -0.209. The van der Waals surface area contributed by atoms with E-state index in [0.717, 1.165) is 25.9 Å². The van der Waals surface area contributed by atoms with Gasteiger partial charge in [-0.1, -0.05) is 6.07 Å². The average Bonchev–Trinajstić information content (AvgIpc) is 3.15. The molecule has 0 radical (unpaired) electrons. The van der Waals surface area contributed by atoms with Gasteiger partial charge in [0.05, 0.1) is 0 Å². The van der Waals surface area contributed by atoms with E-state index in [-0.39, 0.29) is 36.6 Å². The first-order chi connectivity index (χ1) is 12.2. The van der Waals surface area contributed by atoms with Gasteiger partial charge >= 0.3 is 0 Å². The molecule has 6 nitrogen and oxygen atoms in total. The van der Waals surface area contributed by atoms with E-state index in [0.29, 0.717) is 29.3 Å². The number of pyridine rings is 1. The molecule has 27 heavy (non-hydrogen) atoms. The Balaban J connectivity index is 0.00000182. The summed E-state index contributed by atoms with van der Waals surface area (Å²) in [6, 6.07) is 10.5. The van der Waals surface area contributed by atoms with Gasteiger partial charge in [-0.25, -0.2) is 0 Å². The Morgan fingerprint density at radius 1 is 1.07 bits per heavy atom. The average molecular weight is 411 g/mol. The molecule has 1 aliphatic rings. The van der Waals surface area contributed by atoms with E-state index in [2.05, 4.69) is 20.9 Å². The molecule has 1 aliphatic heterocycles. The van der Waals surface area contributed by atoms with Crippen LogP contribution in [0, 0.1) is 5.92 Å². The van der Waals surface area contributed by atoms with Gasteiger partial charge in [-0.2, -0.15) is 0 Å². The third kappa shape index (κ3) is 7.17. The largest absolute Gasteiger partial charge is 0.326 e. The second-order valence-corrected chi connectivity index (χ2v) is 6.22. The lowest BCUT2D eigenvalue weighted by molar-refractivity contribution is -0.116. The first-order valence-electron chi connectivity index (χ1n) is 8.53. The van der Waals surface area contributed by atoms with Crippen LogP contribution in [0.15, 0.2) is 48.8 Å². The zero-order valence-electron chi connectivity index (χ0n) is 14.8. The molecule has 0 aliphatic carbocycles. The van der Waals surface area contributed by atoms with Gasteiger partial charge in [0.2, 0.25) is 5.91 Å². The third-order valence-electron chi connectivity index (χ3n) is 4.29. The predicted molar refractivity (Wildman–Crippen MR) is 112 cm³/mol. The zero-order valence-corrected chi connectivity index (χ0v) is 16.4. The molecule has 0 spiro atoms. The second kappa shape index (κ2) is 11.5. The fourth-order valence-electron chi connectivity index (χ4n) is 2.90. The van der Waals surface area contributed by atoms with Crippen LogP contribution in [0.5, 0.6) is 0 Å². The van der Waals surface area contributed by atoms with E-state index in [1.54, 1.807) is 42.7 Å². The van der Waals surface area contributed by atoms with E-state index in [9.17, 15) is 9.59 Å². The Morgan fingerprint density at radius 2 is 1.78 bits per heavy atom. The quantitative estimate of drug-likeness (QED) is 0.680. The smallest absolute Gasteiger partial charge is 0.255 e. The number of nitrogens with one attached hydrogen (secondary N) is 3. The SMILES string of the molecule is Cl.Cl.O=C(CCC1CCNC1)Nc1cccc(NC(=O)c2ccncc2)c1. The number of amides is 2. The summed E-state index contributed by atoms with van der Waals surface area (Å²) in [6.45, 7) is 2.05. The summed E-state index contributed by atoms with van der Waals surface area (Å²) in [5.41, 5.74) is 1.86. The minimum Gasteiger partial charge on any atom is -0.326 e. The first-order valence-corrected chi connectivity index (χ1v) is 8.53. The Labute approximate surface area is 171 Å². The van der Waals surface area contributed by atoms with Crippen LogP contribution in [0.3, 0.4) is 0 Å². The Hall–Kier alpha value is -2.15. The van der Waals surface area contributed by atoms with Gasteiger partial charge in [-0.15, -0.1) is 24.8 Å². The Bertz CT molecular complexity index is 737. The molecule has 2 aromatic rings. The second-order valence-electron chi connectivity index (χ2n) is 6.22. The van der Waals surface area contributed by atoms with Crippen LogP contribution in [0.25, 0.3) is 0 Å². The molecule has 1 unspecified atom stereocenters. The fourth-order valence-corrected chi connectivity index (χ4v) is 2.90. The topological polar surface area (TPSA) is 83.1 Å². The van der Waals surface area contributed by atoms with Crippen LogP contribution >= 0.6 is 24.8 Å². The number of benzene rings is 1. The van der Waals surface area contributed by atoms with Crippen LogP contribution in [-0.2, 0) is 4.79 Å². The highest BCUT2D eigenvalue weighted by atomic mass is 35.5. The van der Waals surface area contributed by atoms with Gasteiger partial charge in [-0.05, 0) is 62.2 Å².